The molecule has 0 spiro atoms. The van der Waals surface area contributed by atoms with Crippen LogP contribution in [0.2, 0.25) is 0 Å². The predicted molar refractivity (Wildman–Crippen MR) is 98.7 cm³/mol. The van der Waals surface area contributed by atoms with Crippen LogP contribution in [0.25, 0.3) is 11.5 Å². The van der Waals surface area contributed by atoms with Crippen LogP contribution in [0.4, 0.5) is 27.9 Å². The second-order valence-electron chi connectivity index (χ2n) is 6.83. The number of anilines is 1. The number of halogens is 5. The first-order chi connectivity index (χ1) is 15.4. The van der Waals surface area contributed by atoms with Gasteiger partial charge in [-0.2, -0.15) is 17.6 Å². The first-order valence-corrected chi connectivity index (χ1v) is 9.45. The van der Waals surface area contributed by atoms with Gasteiger partial charge in [-0.15, -0.1) is 10.2 Å². The molecule has 1 aromatic carbocycles. The summed E-state index contributed by atoms with van der Waals surface area (Å²) in [7, 11) is 0. The summed E-state index contributed by atoms with van der Waals surface area (Å²) in [5.41, 5.74) is 0.346. The summed E-state index contributed by atoms with van der Waals surface area (Å²) in [5, 5.41) is 9.66. The van der Waals surface area contributed by atoms with Crippen LogP contribution < -0.4 is 10.1 Å². The standard InChI is InChI=1S/C19H16F5N5O3/c20-13-5-11(31-18(23)24)3-4-12(13)14(8-30-10-1-2-10)27-19-25-6-9(7-26-19)16-28-29-17(32-16)15(21)22/h3-7,10,14-15,18H,1-2,8H2,(H,25,26,27). The Morgan fingerprint density at radius 3 is 2.44 bits per heavy atom. The summed E-state index contributed by atoms with van der Waals surface area (Å²) in [6, 6.07) is 2.64. The van der Waals surface area contributed by atoms with Crippen LogP contribution in [0.5, 0.6) is 5.75 Å². The highest BCUT2D eigenvalue weighted by Gasteiger charge is 2.26. The highest BCUT2D eigenvalue weighted by molar-refractivity contribution is 5.50. The number of hydrogen-bond donors (Lipinski definition) is 1. The van der Waals surface area contributed by atoms with Gasteiger partial charge in [0.15, 0.2) is 0 Å². The van der Waals surface area contributed by atoms with E-state index in [0.29, 0.717) is 0 Å². The fourth-order valence-electron chi connectivity index (χ4n) is 2.75. The highest BCUT2D eigenvalue weighted by atomic mass is 19.3. The maximum Gasteiger partial charge on any atom is 0.387 e. The molecular formula is C19H16F5N5O3. The Balaban J connectivity index is 1.51. The Kier molecular flexibility index (Phi) is 6.44. The van der Waals surface area contributed by atoms with Crippen LogP contribution in [0.1, 0.15) is 36.8 Å². The third-order valence-electron chi connectivity index (χ3n) is 4.42. The zero-order valence-corrected chi connectivity index (χ0v) is 16.2. The molecule has 1 unspecified atom stereocenters. The molecule has 1 aliphatic rings. The third kappa shape index (κ3) is 5.46. The van der Waals surface area contributed by atoms with E-state index in [1.54, 1.807) is 0 Å². The van der Waals surface area contributed by atoms with E-state index in [1.807, 2.05) is 0 Å². The molecule has 4 rings (SSSR count). The van der Waals surface area contributed by atoms with Crippen molar-refractivity contribution in [2.24, 2.45) is 0 Å². The number of ether oxygens (including phenoxy) is 2. The molecule has 170 valence electrons. The van der Waals surface area contributed by atoms with E-state index in [1.165, 1.54) is 24.5 Å². The number of nitrogens with one attached hydrogen (secondary N) is 1. The predicted octanol–water partition coefficient (Wildman–Crippen LogP) is 4.54. The lowest BCUT2D eigenvalue weighted by Crippen LogP contribution is -2.20. The number of alkyl halides is 4. The molecule has 8 nitrogen and oxygen atoms in total. The molecule has 0 bridgehead atoms. The van der Waals surface area contributed by atoms with Crippen LogP contribution in [-0.2, 0) is 4.74 Å². The zero-order valence-electron chi connectivity index (χ0n) is 16.2. The summed E-state index contributed by atoms with van der Waals surface area (Å²) < 4.78 is 79.2. The fraction of sp³-hybridized carbons (Fsp3) is 0.368. The van der Waals surface area contributed by atoms with Crippen molar-refractivity contribution in [3.63, 3.8) is 0 Å². The second-order valence-corrected chi connectivity index (χ2v) is 6.83. The van der Waals surface area contributed by atoms with E-state index in [9.17, 15) is 22.0 Å². The number of hydrogen-bond acceptors (Lipinski definition) is 8. The van der Waals surface area contributed by atoms with Gasteiger partial charge < -0.3 is 19.2 Å². The molecule has 1 N–H and O–H groups in total. The lowest BCUT2D eigenvalue weighted by atomic mass is 10.1. The topological polar surface area (TPSA) is 95.2 Å². The Labute approximate surface area is 177 Å². The van der Waals surface area contributed by atoms with Crippen molar-refractivity contribution in [2.45, 2.75) is 38.0 Å². The van der Waals surface area contributed by atoms with Gasteiger partial charge in [-0.25, -0.2) is 14.4 Å². The van der Waals surface area contributed by atoms with Gasteiger partial charge >= 0.3 is 13.0 Å². The monoisotopic (exact) mass is 457 g/mol. The number of aromatic nitrogens is 4. The first kappa shape index (κ1) is 21.9. The first-order valence-electron chi connectivity index (χ1n) is 9.45. The minimum absolute atomic E-state index is 0.0726. The quantitative estimate of drug-likeness (QED) is 0.444. The second kappa shape index (κ2) is 9.42. The van der Waals surface area contributed by atoms with Gasteiger partial charge in [0.25, 0.3) is 11.8 Å². The molecule has 1 fully saturated rings. The summed E-state index contributed by atoms with van der Waals surface area (Å²) in [4.78, 5) is 8.13. The van der Waals surface area contributed by atoms with E-state index >= 15 is 0 Å². The lowest BCUT2D eigenvalue weighted by molar-refractivity contribution is -0.0500. The molecule has 2 aromatic heterocycles. The Hall–Kier alpha value is -3.35. The van der Waals surface area contributed by atoms with E-state index in [-0.39, 0.29) is 41.4 Å². The van der Waals surface area contributed by atoms with Gasteiger partial charge in [0.1, 0.15) is 11.6 Å². The summed E-state index contributed by atoms with van der Waals surface area (Å²) in [6.07, 6.45) is 1.50. The van der Waals surface area contributed by atoms with Gasteiger partial charge in [0.05, 0.1) is 24.3 Å². The van der Waals surface area contributed by atoms with Gasteiger partial charge in [-0.3, -0.25) is 0 Å². The molecule has 1 atom stereocenters. The van der Waals surface area contributed by atoms with E-state index < -0.39 is 30.8 Å². The molecule has 1 aliphatic carbocycles. The van der Waals surface area contributed by atoms with Crippen molar-refractivity contribution >= 4 is 5.95 Å². The lowest BCUT2D eigenvalue weighted by Gasteiger charge is -2.20. The van der Waals surface area contributed by atoms with Crippen LogP contribution in [0.15, 0.2) is 35.0 Å². The van der Waals surface area contributed by atoms with Crippen molar-refractivity contribution in [3.8, 4) is 17.2 Å². The normalized spacial score (nSPS) is 14.7. The van der Waals surface area contributed by atoms with Crippen LogP contribution in [-0.4, -0.2) is 39.5 Å². The Morgan fingerprint density at radius 2 is 1.84 bits per heavy atom. The maximum absolute atomic E-state index is 14.6. The average Bonchev–Trinajstić information content (AvgIpc) is 3.44. The molecule has 1 saturated carbocycles. The molecule has 3 aromatic rings. The number of benzene rings is 1. The third-order valence-corrected chi connectivity index (χ3v) is 4.42. The van der Waals surface area contributed by atoms with E-state index in [0.717, 1.165) is 18.9 Å². The van der Waals surface area contributed by atoms with E-state index in [2.05, 4.69) is 30.2 Å². The molecule has 13 heteroatoms. The molecule has 2 heterocycles. The van der Waals surface area contributed by atoms with Gasteiger partial charge in [-0.05, 0) is 18.9 Å². The smallest absolute Gasteiger partial charge is 0.387 e. The summed E-state index contributed by atoms with van der Waals surface area (Å²) in [5.74, 6) is -2.01. The van der Waals surface area contributed by atoms with Crippen molar-refractivity contribution in [1.82, 2.24) is 20.2 Å². The molecule has 0 amide bonds. The number of nitrogens with zero attached hydrogens (tertiary/aromatic N) is 4. The molecular weight excluding hydrogens is 441 g/mol. The molecule has 0 radical (unpaired) electrons. The highest BCUT2D eigenvalue weighted by Crippen LogP contribution is 2.30. The van der Waals surface area contributed by atoms with Crippen LogP contribution >= 0.6 is 0 Å². The Bertz CT molecular complexity index is 1050. The average molecular weight is 457 g/mol. The van der Waals surface area contributed by atoms with Crippen molar-refractivity contribution in [3.05, 3.63) is 47.9 Å². The van der Waals surface area contributed by atoms with Gasteiger partial charge in [0, 0.05) is 24.0 Å². The molecule has 32 heavy (non-hydrogen) atoms. The SMILES string of the molecule is Fc1cc(OC(F)F)ccc1C(COC1CC1)Nc1ncc(-c2nnc(C(F)F)o2)cn1. The number of rotatable bonds is 10. The van der Waals surface area contributed by atoms with Crippen molar-refractivity contribution < 1.29 is 35.8 Å². The molecule has 0 aliphatic heterocycles. The van der Waals surface area contributed by atoms with Gasteiger partial charge in [-0.1, -0.05) is 6.07 Å². The zero-order chi connectivity index (χ0) is 22.7. The largest absolute Gasteiger partial charge is 0.435 e. The van der Waals surface area contributed by atoms with Crippen molar-refractivity contribution in [2.75, 3.05) is 11.9 Å². The van der Waals surface area contributed by atoms with Crippen LogP contribution in [0.3, 0.4) is 0 Å². The van der Waals surface area contributed by atoms with Crippen LogP contribution in [0, 0.1) is 5.82 Å². The van der Waals surface area contributed by atoms with E-state index in [4.69, 9.17) is 9.15 Å². The summed E-state index contributed by atoms with van der Waals surface area (Å²) >= 11 is 0. The minimum Gasteiger partial charge on any atom is -0.435 e. The summed E-state index contributed by atoms with van der Waals surface area (Å²) in [6.45, 7) is -3.00. The van der Waals surface area contributed by atoms with Gasteiger partial charge in [0.2, 0.25) is 5.95 Å². The van der Waals surface area contributed by atoms with Crippen molar-refractivity contribution in [1.29, 1.82) is 0 Å². The molecule has 0 saturated heterocycles. The minimum atomic E-state index is -3.07. The maximum atomic E-state index is 14.6. The Morgan fingerprint density at radius 1 is 1.09 bits per heavy atom. The fourth-order valence-corrected chi connectivity index (χ4v) is 2.75.